The summed E-state index contributed by atoms with van der Waals surface area (Å²) in [5, 5.41) is 2.59. The van der Waals surface area contributed by atoms with Crippen LogP contribution in [-0.4, -0.2) is 14.3 Å². The first-order valence-electron chi connectivity index (χ1n) is 5.46. The van der Waals surface area contributed by atoms with E-state index in [-0.39, 0.29) is 33.7 Å². The standard InChI is InChI=1S/C13H9FNO4S.Au/c14-20(17,18)19-12-8-4-5-10(9-12)13(16)15-11-6-2-1-3-7-11;/h2-9H,(H,15,16);/q-1;+1. The molecular weight excluding hydrogens is 482 g/mol. The van der Waals surface area contributed by atoms with Crippen LogP contribution < -0.4 is 9.50 Å². The van der Waals surface area contributed by atoms with Gasteiger partial charge in [-0.05, 0) is 18.2 Å². The number of hydrogen-bond acceptors (Lipinski definition) is 4. The first-order chi connectivity index (χ1) is 9.44. The van der Waals surface area contributed by atoms with Gasteiger partial charge in [-0.3, -0.25) is 4.79 Å². The predicted molar refractivity (Wildman–Crippen MR) is 70.3 cm³/mol. The molecule has 0 aliphatic carbocycles. The molecule has 0 fully saturated rings. The Morgan fingerprint density at radius 2 is 1.86 bits per heavy atom. The number of nitrogens with one attached hydrogen (secondary N) is 1. The van der Waals surface area contributed by atoms with Gasteiger partial charge in [0, 0.05) is 5.56 Å². The average molecular weight is 491 g/mol. The number of halogens is 1. The van der Waals surface area contributed by atoms with Crippen LogP contribution in [0.1, 0.15) is 10.4 Å². The van der Waals surface area contributed by atoms with Gasteiger partial charge >= 0.3 is 32.9 Å². The van der Waals surface area contributed by atoms with Gasteiger partial charge in [-0.15, -0.1) is 12.1 Å². The van der Waals surface area contributed by atoms with Crippen molar-refractivity contribution in [2.45, 2.75) is 0 Å². The van der Waals surface area contributed by atoms with Crippen molar-refractivity contribution in [1.82, 2.24) is 0 Å². The first-order valence-corrected chi connectivity index (χ1v) is 6.76. The van der Waals surface area contributed by atoms with Crippen LogP contribution in [0, 0.1) is 6.07 Å². The molecule has 1 N–H and O–H groups in total. The van der Waals surface area contributed by atoms with Gasteiger partial charge in [-0.1, -0.05) is 15.6 Å². The first kappa shape index (κ1) is 17.4. The van der Waals surface area contributed by atoms with E-state index in [1.807, 2.05) is 0 Å². The molecule has 0 atom stereocenters. The zero-order valence-electron chi connectivity index (χ0n) is 10.3. The van der Waals surface area contributed by atoms with E-state index in [9.17, 15) is 17.1 Å². The van der Waals surface area contributed by atoms with Crippen molar-refractivity contribution in [3.05, 3.63) is 60.2 Å². The summed E-state index contributed by atoms with van der Waals surface area (Å²) >= 11 is 0. The van der Waals surface area contributed by atoms with Crippen molar-refractivity contribution in [2.24, 2.45) is 0 Å². The van der Waals surface area contributed by atoms with Crippen LogP contribution in [0.5, 0.6) is 5.75 Å². The summed E-state index contributed by atoms with van der Waals surface area (Å²) in [6.07, 6.45) is 0. The molecule has 0 saturated carbocycles. The maximum absolute atomic E-state index is 12.4. The molecule has 21 heavy (non-hydrogen) atoms. The van der Waals surface area contributed by atoms with Gasteiger partial charge in [-0.25, -0.2) is 0 Å². The fourth-order valence-corrected chi connectivity index (χ4v) is 1.81. The van der Waals surface area contributed by atoms with Crippen molar-refractivity contribution in [1.29, 1.82) is 0 Å². The molecule has 8 heteroatoms. The fourth-order valence-electron chi connectivity index (χ4n) is 1.48. The summed E-state index contributed by atoms with van der Waals surface area (Å²) in [4.78, 5) is 11.9. The Balaban J connectivity index is 0.00000220. The third kappa shape index (κ3) is 5.68. The van der Waals surface area contributed by atoms with E-state index < -0.39 is 16.4 Å². The minimum atomic E-state index is -5.11. The van der Waals surface area contributed by atoms with E-state index in [0.29, 0.717) is 5.69 Å². The minimum Gasteiger partial charge on any atom is -0.358 e. The smallest absolute Gasteiger partial charge is 0.358 e. The SMILES string of the molecule is O=C(Nc1cc[c-]cc1)c1cccc(OS(=O)(=O)F)c1.[Au+]. The Hall–Kier alpha value is -1.67. The summed E-state index contributed by atoms with van der Waals surface area (Å²) in [6, 6.07) is 14.5. The monoisotopic (exact) mass is 491 g/mol. The van der Waals surface area contributed by atoms with Gasteiger partial charge < -0.3 is 9.50 Å². The van der Waals surface area contributed by atoms with Crippen LogP contribution in [0.4, 0.5) is 9.57 Å². The quantitative estimate of drug-likeness (QED) is 0.405. The Labute approximate surface area is 137 Å². The van der Waals surface area contributed by atoms with E-state index in [1.54, 1.807) is 24.3 Å². The number of benzene rings is 2. The van der Waals surface area contributed by atoms with Crippen molar-refractivity contribution < 1.29 is 43.7 Å². The summed E-state index contributed by atoms with van der Waals surface area (Å²) in [6.45, 7) is 0. The van der Waals surface area contributed by atoms with Crippen LogP contribution >= 0.6 is 0 Å². The molecule has 0 bridgehead atoms. The average Bonchev–Trinajstić information content (AvgIpc) is 2.38. The van der Waals surface area contributed by atoms with Gasteiger partial charge in [0.25, 0.3) is 5.91 Å². The van der Waals surface area contributed by atoms with Crippen molar-refractivity contribution in [3.63, 3.8) is 0 Å². The number of amides is 1. The molecule has 5 nitrogen and oxygen atoms in total. The van der Waals surface area contributed by atoms with Crippen LogP contribution in [0.15, 0.2) is 48.5 Å². The molecule has 0 aliphatic rings. The van der Waals surface area contributed by atoms with E-state index in [0.717, 1.165) is 6.07 Å². The summed E-state index contributed by atoms with van der Waals surface area (Å²) < 4.78 is 37.2. The Morgan fingerprint density at radius 1 is 1.19 bits per heavy atom. The van der Waals surface area contributed by atoms with Crippen molar-refractivity contribution in [2.75, 3.05) is 5.32 Å². The largest absolute Gasteiger partial charge is 1.00 e. The fraction of sp³-hybridized carbons (Fsp3) is 0. The van der Waals surface area contributed by atoms with E-state index in [4.69, 9.17) is 0 Å². The molecule has 0 radical (unpaired) electrons. The zero-order valence-corrected chi connectivity index (χ0v) is 13.3. The second kappa shape index (κ2) is 7.37. The molecule has 0 saturated heterocycles. The third-order valence-corrected chi connectivity index (χ3v) is 2.66. The molecule has 2 aromatic rings. The molecular formula is C13H9AuFNO4S. The van der Waals surface area contributed by atoms with Gasteiger partial charge in [0.1, 0.15) is 5.75 Å². The van der Waals surface area contributed by atoms with E-state index in [2.05, 4.69) is 15.6 Å². The molecule has 0 aromatic heterocycles. The van der Waals surface area contributed by atoms with Crippen LogP contribution in [0.25, 0.3) is 0 Å². The van der Waals surface area contributed by atoms with Gasteiger partial charge in [-0.2, -0.15) is 26.6 Å². The third-order valence-electron chi connectivity index (χ3n) is 2.27. The molecule has 2 rings (SSSR count). The Kier molecular flexibility index (Phi) is 6.10. The molecule has 1 amide bonds. The van der Waals surface area contributed by atoms with Crippen LogP contribution in [0.2, 0.25) is 0 Å². The predicted octanol–water partition coefficient (Wildman–Crippen LogP) is 2.33. The number of rotatable bonds is 4. The van der Waals surface area contributed by atoms with Gasteiger partial charge in [0.15, 0.2) is 0 Å². The normalized spacial score (nSPS) is 10.3. The number of anilines is 1. The van der Waals surface area contributed by atoms with Crippen LogP contribution in [0.3, 0.4) is 0 Å². The van der Waals surface area contributed by atoms with E-state index >= 15 is 0 Å². The molecule has 0 spiro atoms. The van der Waals surface area contributed by atoms with E-state index in [1.165, 1.54) is 18.2 Å². The number of hydrogen-bond donors (Lipinski definition) is 1. The van der Waals surface area contributed by atoms with Crippen molar-refractivity contribution >= 4 is 22.1 Å². The summed E-state index contributed by atoms with van der Waals surface area (Å²) in [7, 11) is -5.11. The topological polar surface area (TPSA) is 72.5 Å². The van der Waals surface area contributed by atoms with Crippen LogP contribution in [-0.2, 0) is 32.9 Å². The molecule has 2 aromatic carbocycles. The summed E-state index contributed by atoms with van der Waals surface area (Å²) in [5.74, 6) is -0.751. The molecule has 0 heterocycles. The molecule has 0 unspecified atom stereocenters. The zero-order chi connectivity index (χ0) is 14.6. The number of carbonyl (C=O) groups excluding carboxylic acids is 1. The summed E-state index contributed by atoms with van der Waals surface area (Å²) in [5.41, 5.74) is 0.692. The number of carbonyl (C=O) groups is 1. The molecule has 0 aliphatic heterocycles. The second-order valence-electron chi connectivity index (χ2n) is 3.75. The van der Waals surface area contributed by atoms with Gasteiger partial charge in [0.2, 0.25) is 0 Å². The Bertz CT molecular complexity index is 722. The van der Waals surface area contributed by atoms with Crippen molar-refractivity contribution in [3.8, 4) is 5.75 Å². The minimum absolute atomic E-state index is 0. The maximum atomic E-state index is 12.4. The van der Waals surface area contributed by atoms with Gasteiger partial charge in [0.05, 0.1) is 0 Å². The second-order valence-corrected chi connectivity index (χ2v) is 4.70. The maximum Gasteiger partial charge on any atom is 1.00 e. The Morgan fingerprint density at radius 3 is 2.48 bits per heavy atom. The molecule has 114 valence electrons.